The topological polar surface area (TPSA) is 107 Å². The number of anilines is 2. The molecule has 0 atom stereocenters. The van der Waals surface area contributed by atoms with Gasteiger partial charge in [0.25, 0.3) is 12.3 Å². The van der Waals surface area contributed by atoms with Crippen molar-refractivity contribution in [2.45, 2.75) is 45.6 Å². The second-order valence-electron chi connectivity index (χ2n) is 10.8. The molecule has 1 heterocycles. The smallest absolute Gasteiger partial charge is 0.272 e. The van der Waals surface area contributed by atoms with Gasteiger partial charge in [0.1, 0.15) is 12.4 Å². The summed E-state index contributed by atoms with van der Waals surface area (Å²) in [7, 11) is 3.35. The molecule has 43 heavy (non-hydrogen) atoms. The van der Waals surface area contributed by atoms with E-state index in [0.29, 0.717) is 52.0 Å². The van der Waals surface area contributed by atoms with E-state index in [9.17, 15) is 18.4 Å². The van der Waals surface area contributed by atoms with Gasteiger partial charge in [0, 0.05) is 44.3 Å². The molecule has 1 aliphatic carbocycles. The zero-order chi connectivity index (χ0) is 31.3. The quantitative estimate of drug-likeness (QED) is 0.187. The Morgan fingerprint density at radius 1 is 1.19 bits per heavy atom. The number of carbonyl (C=O) groups is 2. The van der Waals surface area contributed by atoms with Crippen molar-refractivity contribution >= 4 is 57.7 Å². The van der Waals surface area contributed by atoms with Crippen LogP contribution in [0.2, 0.25) is 10.0 Å². The van der Waals surface area contributed by atoms with Crippen LogP contribution in [0.3, 0.4) is 0 Å². The number of benzene rings is 2. The molecule has 0 aliphatic heterocycles. The minimum atomic E-state index is -2.73. The average Bonchev–Trinajstić information content (AvgIpc) is 3.55. The number of aromatic nitrogens is 2. The van der Waals surface area contributed by atoms with Gasteiger partial charge in [-0.3, -0.25) is 9.59 Å². The van der Waals surface area contributed by atoms with Crippen LogP contribution in [0.25, 0.3) is 11.0 Å². The van der Waals surface area contributed by atoms with Crippen LogP contribution in [0.15, 0.2) is 36.4 Å². The van der Waals surface area contributed by atoms with Crippen LogP contribution in [0.4, 0.5) is 20.4 Å². The molecule has 0 bridgehead atoms. The molecule has 232 valence electrons. The van der Waals surface area contributed by atoms with Gasteiger partial charge in [-0.25, -0.2) is 13.8 Å². The molecule has 1 saturated carbocycles. The highest BCUT2D eigenvalue weighted by molar-refractivity contribution is 6.39. The fourth-order valence-electron chi connectivity index (χ4n) is 5.23. The monoisotopic (exact) mass is 637 g/mol. The number of hydrogen-bond donors (Lipinski definition) is 3. The maximum absolute atomic E-state index is 13.4. The molecule has 2 aromatic carbocycles. The Bertz CT molecular complexity index is 1520. The maximum Gasteiger partial charge on any atom is 0.272 e. The molecule has 1 aromatic heterocycles. The second kappa shape index (κ2) is 13.9. The van der Waals surface area contributed by atoms with Gasteiger partial charge in [-0.2, -0.15) is 0 Å². The molecule has 13 heteroatoms. The third-order valence-corrected chi connectivity index (χ3v) is 8.31. The lowest BCUT2D eigenvalue weighted by molar-refractivity contribution is -0.117. The molecule has 1 aliphatic rings. The summed E-state index contributed by atoms with van der Waals surface area (Å²) in [5, 5.41) is 9.42. The SMILES string of the molecule is C=C(C)C(=O)NCc1ccc(Cl)c(Nc2nc3cc(C(=O)NCC4(COC)CCCC4)c(OCC(F)F)cc3n2C)c1Cl. The van der Waals surface area contributed by atoms with E-state index >= 15 is 0 Å². The summed E-state index contributed by atoms with van der Waals surface area (Å²) >= 11 is 13.1. The van der Waals surface area contributed by atoms with Crippen molar-refractivity contribution in [1.29, 1.82) is 0 Å². The van der Waals surface area contributed by atoms with Gasteiger partial charge in [-0.05, 0) is 37.5 Å². The van der Waals surface area contributed by atoms with E-state index in [-0.39, 0.29) is 34.2 Å². The van der Waals surface area contributed by atoms with Gasteiger partial charge in [-0.15, -0.1) is 0 Å². The highest BCUT2D eigenvalue weighted by Crippen LogP contribution is 2.39. The van der Waals surface area contributed by atoms with Crippen LogP contribution in [0.1, 0.15) is 48.5 Å². The van der Waals surface area contributed by atoms with Crippen LogP contribution >= 0.6 is 23.2 Å². The number of nitrogens with one attached hydrogen (secondary N) is 3. The van der Waals surface area contributed by atoms with Crippen LogP contribution in [-0.4, -0.2) is 54.7 Å². The Morgan fingerprint density at radius 3 is 2.56 bits per heavy atom. The van der Waals surface area contributed by atoms with Gasteiger partial charge >= 0.3 is 0 Å². The van der Waals surface area contributed by atoms with Crippen molar-refractivity contribution in [3.8, 4) is 5.75 Å². The summed E-state index contributed by atoms with van der Waals surface area (Å²) in [5.41, 5.74) is 2.20. The highest BCUT2D eigenvalue weighted by Gasteiger charge is 2.34. The first kappa shape index (κ1) is 32.5. The van der Waals surface area contributed by atoms with E-state index in [0.717, 1.165) is 25.7 Å². The fraction of sp³-hybridized carbons (Fsp3) is 0.433. The van der Waals surface area contributed by atoms with Crippen molar-refractivity contribution < 1.29 is 27.8 Å². The van der Waals surface area contributed by atoms with Gasteiger partial charge in [0.05, 0.1) is 38.9 Å². The number of carbonyl (C=O) groups excluding carboxylic acids is 2. The fourth-order valence-corrected chi connectivity index (χ4v) is 5.76. The molecular weight excluding hydrogens is 603 g/mol. The van der Waals surface area contributed by atoms with Crippen LogP contribution in [0, 0.1) is 5.41 Å². The number of ether oxygens (including phenoxy) is 2. The van der Waals surface area contributed by atoms with E-state index in [1.165, 1.54) is 12.1 Å². The molecule has 0 unspecified atom stereocenters. The number of nitrogens with zero attached hydrogens (tertiary/aromatic N) is 2. The molecular formula is C30H35Cl2F2N5O4. The normalized spacial score (nSPS) is 14.2. The van der Waals surface area contributed by atoms with E-state index < -0.39 is 18.9 Å². The molecule has 0 spiro atoms. The zero-order valence-corrected chi connectivity index (χ0v) is 25.8. The molecule has 0 radical (unpaired) electrons. The van der Waals surface area contributed by atoms with Crippen molar-refractivity contribution in [2.75, 3.05) is 32.2 Å². The van der Waals surface area contributed by atoms with Crippen molar-refractivity contribution in [3.05, 3.63) is 57.6 Å². The Labute approximate surface area is 258 Å². The summed E-state index contributed by atoms with van der Waals surface area (Å²) in [6.45, 7) is 5.41. The Kier molecular flexibility index (Phi) is 10.5. The summed E-state index contributed by atoms with van der Waals surface area (Å²) in [5.74, 6) is -0.426. The van der Waals surface area contributed by atoms with E-state index in [4.69, 9.17) is 32.7 Å². The Balaban J connectivity index is 1.64. The predicted octanol–water partition coefficient (Wildman–Crippen LogP) is 6.40. The minimum Gasteiger partial charge on any atom is -0.487 e. The lowest BCUT2D eigenvalue weighted by atomic mass is 9.87. The molecule has 3 aromatic rings. The number of methoxy groups -OCH3 is 1. The lowest BCUT2D eigenvalue weighted by Gasteiger charge is -2.28. The number of amides is 2. The lowest BCUT2D eigenvalue weighted by Crippen LogP contribution is -2.39. The standard InChI is InChI=1S/C30H35Cl2F2N5O4/c1-17(2)27(40)35-13-18-7-8-20(31)26(25(18)32)38-29-37-21-11-19(23(43-14-24(33)34)12-22(21)39(29)3)28(41)36-15-30(16-42-4)9-5-6-10-30/h7-8,11-12,24H,1,5-6,9-10,13-16H2,2-4H3,(H,35,40)(H,36,41)(H,37,38). The average molecular weight is 639 g/mol. The highest BCUT2D eigenvalue weighted by atomic mass is 35.5. The largest absolute Gasteiger partial charge is 0.487 e. The van der Waals surface area contributed by atoms with Gasteiger partial charge in [0.15, 0.2) is 0 Å². The molecule has 4 rings (SSSR count). The van der Waals surface area contributed by atoms with Crippen LogP contribution in [-0.2, 0) is 23.1 Å². The Hall–Kier alpha value is -3.41. The number of fused-ring (bicyclic) bond motifs is 1. The number of aryl methyl sites for hydroxylation is 1. The van der Waals surface area contributed by atoms with E-state index in [1.54, 1.807) is 37.8 Å². The third-order valence-electron chi connectivity index (χ3n) is 7.57. The van der Waals surface area contributed by atoms with E-state index in [2.05, 4.69) is 27.5 Å². The van der Waals surface area contributed by atoms with Gasteiger partial charge in [0.2, 0.25) is 11.9 Å². The zero-order valence-electron chi connectivity index (χ0n) is 24.3. The van der Waals surface area contributed by atoms with Crippen molar-refractivity contribution in [3.63, 3.8) is 0 Å². The number of rotatable bonds is 13. The van der Waals surface area contributed by atoms with Crippen LogP contribution < -0.4 is 20.7 Å². The first-order valence-electron chi connectivity index (χ1n) is 13.8. The molecule has 3 N–H and O–H groups in total. The molecule has 0 saturated heterocycles. The molecule has 2 amide bonds. The number of hydrogen-bond acceptors (Lipinski definition) is 6. The Morgan fingerprint density at radius 2 is 1.91 bits per heavy atom. The molecule has 1 fully saturated rings. The summed E-state index contributed by atoms with van der Waals surface area (Å²) in [6, 6.07) is 6.36. The summed E-state index contributed by atoms with van der Waals surface area (Å²) in [4.78, 5) is 30.0. The van der Waals surface area contributed by atoms with Crippen molar-refractivity contribution in [2.24, 2.45) is 12.5 Å². The van der Waals surface area contributed by atoms with Crippen molar-refractivity contribution in [1.82, 2.24) is 20.2 Å². The van der Waals surface area contributed by atoms with E-state index in [1.807, 2.05) is 0 Å². The maximum atomic E-state index is 13.4. The van der Waals surface area contributed by atoms with Gasteiger partial charge in [-0.1, -0.05) is 48.7 Å². The number of alkyl halides is 2. The second-order valence-corrected chi connectivity index (χ2v) is 11.6. The minimum absolute atomic E-state index is 0.0124. The van der Waals surface area contributed by atoms with Gasteiger partial charge < -0.3 is 30.0 Å². The first-order valence-corrected chi connectivity index (χ1v) is 14.6. The summed E-state index contributed by atoms with van der Waals surface area (Å²) < 4.78 is 38.7. The number of halogens is 4. The van der Waals surface area contributed by atoms with Crippen LogP contribution in [0.5, 0.6) is 5.75 Å². The predicted molar refractivity (Wildman–Crippen MR) is 164 cm³/mol. The first-order chi connectivity index (χ1) is 20.4. The third kappa shape index (κ3) is 7.57. The number of imidazole rings is 1. The summed E-state index contributed by atoms with van der Waals surface area (Å²) in [6.07, 6.45) is 1.23. The molecule has 9 nitrogen and oxygen atoms in total.